The Morgan fingerprint density at radius 3 is 2.83 bits per heavy atom. The minimum absolute atomic E-state index is 0.734. The van der Waals surface area contributed by atoms with E-state index in [9.17, 15) is 0 Å². The van der Waals surface area contributed by atoms with Gasteiger partial charge in [-0.15, -0.1) is 0 Å². The van der Waals surface area contributed by atoms with E-state index in [1.165, 1.54) is 32.5 Å². The molecule has 2 nitrogen and oxygen atoms in total. The van der Waals surface area contributed by atoms with Gasteiger partial charge in [-0.25, -0.2) is 0 Å². The van der Waals surface area contributed by atoms with Crippen molar-refractivity contribution in [3.05, 3.63) is 0 Å². The highest BCUT2D eigenvalue weighted by molar-refractivity contribution is 4.92. The van der Waals surface area contributed by atoms with E-state index in [1.807, 2.05) is 0 Å². The van der Waals surface area contributed by atoms with Gasteiger partial charge >= 0.3 is 0 Å². The Kier molecular flexibility index (Phi) is 2.37. The van der Waals surface area contributed by atoms with E-state index in [-0.39, 0.29) is 0 Å². The van der Waals surface area contributed by atoms with Crippen LogP contribution >= 0.6 is 0 Å². The minimum Gasteiger partial charge on any atom is -0.312 e. The van der Waals surface area contributed by atoms with Crippen molar-refractivity contribution >= 4 is 0 Å². The van der Waals surface area contributed by atoms with Crippen LogP contribution < -0.4 is 5.32 Å². The zero-order valence-corrected chi connectivity index (χ0v) is 8.21. The maximum absolute atomic E-state index is 3.62. The van der Waals surface area contributed by atoms with Crippen LogP contribution in [0.25, 0.3) is 0 Å². The van der Waals surface area contributed by atoms with Crippen LogP contribution in [0.5, 0.6) is 0 Å². The molecule has 0 unspecified atom stereocenters. The van der Waals surface area contributed by atoms with Crippen molar-refractivity contribution in [3.63, 3.8) is 0 Å². The Morgan fingerprint density at radius 2 is 2.17 bits per heavy atom. The van der Waals surface area contributed by atoms with E-state index in [1.54, 1.807) is 0 Å². The molecule has 2 aliphatic rings. The fourth-order valence-electron chi connectivity index (χ4n) is 2.50. The Balaban J connectivity index is 1.94. The van der Waals surface area contributed by atoms with Gasteiger partial charge in [0, 0.05) is 25.2 Å². The molecule has 2 aliphatic heterocycles. The molecule has 2 heteroatoms. The second kappa shape index (κ2) is 3.35. The monoisotopic (exact) mass is 168 g/mol. The van der Waals surface area contributed by atoms with Gasteiger partial charge in [0.2, 0.25) is 0 Å². The number of rotatable bonds is 1. The molecule has 2 rings (SSSR count). The van der Waals surface area contributed by atoms with Gasteiger partial charge < -0.3 is 5.32 Å². The topological polar surface area (TPSA) is 15.3 Å². The van der Waals surface area contributed by atoms with Crippen molar-refractivity contribution in [2.45, 2.75) is 38.8 Å². The van der Waals surface area contributed by atoms with Crippen molar-refractivity contribution in [1.29, 1.82) is 0 Å². The van der Waals surface area contributed by atoms with Crippen molar-refractivity contribution in [2.75, 3.05) is 19.6 Å². The Bertz CT molecular complexity index is 142. The predicted octanol–water partition coefficient (Wildman–Crippen LogP) is 1.08. The lowest BCUT2D eigenvalue weighted by Gasteiger charge is -2.24. The lowest BCUT2D eigenvalue weighted by Crippen LogP contribution is -2.41. The van der Waals surface area contributed by atoms with E-state index in [0.717, 1.165) is 18.0 Å². The molecule has 12 heavy (non-hydrogen) atoms. The summed E-state index contributed by atoms with van der Waals surface area (Å²) < 4.78 is 0. The van der Waals surface area contributed by atoms with Crippen LogP contribution in [0.3, 0.4) is 0 Å². The standard InChI is InChI=1S/C10H20N2/c1-8(2)12-6-9-4-3-5-11-10(9)7-12/h8-11H,3-7H2,1-2H3/t9-,10-/m0/s1. The molecule has 0 aliphatic carbocycles. The normalized spacial score (nSPS) is 37.2. The highest BCUT2D eigenvalue weighted by Crippen LogP contribution is 2.25. The molecule has 1 N–H and O–H groups in total. The maximum Gasteiger partial charge on any atom is 0.0235 e. The molecule has 70 valence electrons. The van der Waals surface area contributed by atoms with E-state index in [4.69, 9.17) is 0 Å². The number of piperidine rings is 1. The first-order valence-corrected chi connectivity index (χ1v) is 5.25. The largest absolute Gasteiger partial charge is 0.312 e. The number of nitrogens with zero attached hydrogens (tertiary/aromatic N) is 1. The molecule has 2 saturated heterocycles. The number of hydrogen-bond acceptors (Lipinski definition) is 2. The third-order valence-electron chi connectivity index (χ3n) is 3.36. The van der Waals surface area contributed by atoms with Crippen molar-refractivity contribution in [2.24, 2.45) is 5.92 Å². The van der Waals surface area contributed by atoms with Gasteiger partial charge in [-0.2, -0.15) is 0 Å². The summed E-state index contributed by atoms with van der Waals surface area (Å²) in [6, 6.07) is 1.54. The van der Waals surface area contributed by atoms with Gasteiger partial charge in [0.25, 0.3) is 0 Å². The number of fused-ring (bicyclic) bond motifs is 1. The highest BCUT2D eigenvalue weighted by atomic mass is 15.2. The average Bonchev–Trinajstić information content (AvgIpc) is 2.46. The summed E-state index contributed by atoms with van der Waals surface area (Å²) in [7, 11) is 0. The third-order valence-corrected chi connectivity index (χ3v) is 3.36. The van der Waals surface area contributed by atoms with Crippen LogP contribution in [0.15, 0.2) is 0 Å². The van der Waals surface area contributed by atoms with Crippen LogP contribution in [0.2, 0.25) is 0 Å². The number of likely N-dealkylation sites (tertiary alicyclic amines) is 1. The second-order valence-electron chi connectivity index (χ2n) is 4.51. The lowest BCUT2D eigenvalue weighted by atomic mass is 9.94. The summed E-state index contributed by atoms with van der Waals surface area (Å²) in [6.45, 7) is 8.46. The van der Waals surface area contributed by atoms with E-state index in [0.29, 0.717) is 0 Å². The molecule has 0 bridgehead atoms. The van der Waals surface area contributed by atoms with Gasteiger partial charge in [-0.05, 0) is 39.2 Å². The molecule has 2 fully saturated rings. The van der Waals surface area contributed by atoms with Crippen LogP contribution in [0.4, 0.5) is 0 Å². The van der Waals surface area contributed by atoms with Gasteiger partial charge in [0.1, 0.15) is 0 Å². The van der Waals surface area contributed by atoms with Crippen LogP contribution in [0.1, 0.15) is 26.7 Å². The molecular weight excluding hydrogens is 148 g/mol. The Labute approximate surface area is 75.3 Å². The summed E-state index contributed by atoms with van der Waals surface area (Å²) in [5.74, 6) is 0.946. The SMILES string of the molecule is CC(C)N1C[C@@H]2CCCN[C@H]2C1. The molecule has 0 amide bonds. The molecule has 2 heterocycles. The molecule has 0 saturated carbocycles. The summed E-state index contributed by atoms with van der Waals surface area (Å²) >= 11 is 0. The quantitative estimate of drug-likeness (QED) is 0.630. The van der Waals surface area contributed by atoms with Crippen LogP contribution in [-0.4, -0.2) is 36.6 Å². The second-order valence-corrected chi connectivity index (χ2v) is 4.51. The van der Waals surface area contributed by atoms with Gasteiger partial charge in [-0.1, -0.05) is 0 Å². The fraction of sp³-hybridized carbons (Fsp3) is 1.00. The molecule has 2 atom stereocenters. The number of hydrogen-bond donors (Lipinski definition) is 1. The molecule has 0 aromatic carbocycles. The number of nitrogens with one attached hydrogen (secondary N) is 1. The van der Waals surface area contributed by atoms with Crippen molar-refractivity contribution in [3.8, 4) is 0 Å². The van der Waals surface area contributed by atoms with Gasteiger partial charge in [0.15, 0.2) is 0 Å². The third kappa shape index (κ3) is 1.50. The zero-order chi connectivity index (χ0) is 8.55. The van der Waals surface area contributed by atoms with E-state index < -0.39 is 0 Å². The summed E-state index contributed by atoms with van der Waals surface area (Å²) in [6.07, 6.45) is 2.83. The fourth-order valence-corrected chi connectivity index (χ4v) is 2.50. The predicted molar refractivity (Wildman–Crippen MR) is 51.2 cm³/mol. The molecule has 0 aromatic heterocycles. The summed E-state index contributed by atoms with van der Waals surface area (Å²) in [4.78, 5) is 2.60. The highest BCUT2D eigenvalue weighted by Gasteiger charge is 2.34. The molecule has 0 aromatic rings. The first-order valence-electron chi connectivity index (χ1n) is 5.25. The van der Waals surface area contributed by atoms with Crippen molar-refractivity contribution in [1.82, 2.24) is 10.2 Å². The van der Waals surface area contributed by atoms with Crippen LogP contribution in [-0.2, 0) is 0 Å². The van der Waals surface area contributed by atoms with E-state index in [2.05, 4.69) is 24.1 Å². The smallest absolute Gasteiger partial charge is 0.0235 e. The van der Waals surface area contributed by atoms with E-state index >= 15 is 0 Å². The first kappa shape index (κ1) is 8.52. The lowest BCUT2D eigenvalue weighted by molar-refractivity contribution is 0.263. The zero-order valence-electron chi connectivity index (χ0n) is 8.21. The van der Waals surface area contributed by atoms with Gasteiger partial charge in [0.05, 0.1) is 0 Å². The summed E-state index contributed by atoms with van der Waals surface area (Å²) in [5, 5.41) is 3.62. The average molecular weight is 168 g/mol. The first-order chi connectivity index (χ1) is 5.77. The van der Waals surface area contributed by atoms with Crippen molar-refractivity contribution < 1.29 is 0 Å². The Morgan fingerprint density at radius 1 is 1.33 bits per heavy atom. The summed E-state index contributed by atoms with van der Waals surface area (Å²) in [5.41, 5.74) is 0. The molecule has 0 spiro atoms. The van der Waals surface area contributed by atoms with Gasteiger partial charge in [-0.3, -0.25) is 4.90 Å². The van der Waals surface area contributed by atoms with Crippen LogP contribution in [0, 0.1) is 5.92 Å². The minimum atomic E-state index is 0.734. The molecule has 0 radical (unpaired) electrons. The Hall–Kier alpha value is -0.0800. The molecular formula is C10H20N2. The maximum atomic E-state index is 3.62.